The number of benzene rings is 2. The fourth-order valence-electron chi connectivity index (χ4n) is 2.81. The predicted molar refractivity (Wildman–Crippen MR) is 115 cm³/mol. The number of rotatable bonds is 7. The smallest absolute Gasteiger partial charge is 0.260 e. The molecule has 0 radical (unpaired) electrons. The zero-order chi connectivity index (χ0) is 19.9. The molecule has 0 N–H and O–H groups in total. The first-order valence-corrected chi connectivity index (χ1v) is 10.6. The van der Waals surface area contributed by atoms with Crippen molar-refractivity contribution in [1.29, 1.82) is 0 Å². The Morgan fingerprint density at radius 3 is 2.54 bits per heavy atom. The quantitative estimate of drug-likeness (QED) is 0.642. The summed E-state index contributed by atoms with van der Waals surface area (Å²) in [5.41, 5.74) is 1.70. The molecule has 1 aliphatic rings. The van der Waals surface area contributed by atoms with Crippen LogP contribution < -0.4 is 9.47 Å². The Kier molecular flexibility index (Phi) is 7.23. The SMILES string of the molecule is CCOc1ccc(C(=O)N2CCN=C2SCc2ccc(Cl)cc2)cc1OCC. The molecule has 2 aromatic rings. The van der Waals surface area contributed by atoms with Gasteiger partial charge in [-0.3, -0.25) is 14.7 Å². The number of hydrogen-bond acceptors (Lipinski definition) is 5. The zero-order valence-electron chi connectivity index (χ0n) is 16.0. The summed E-state index contributed by atoms with van der Waals surface area (Å²) in [4.78, 5) is 19.3. The predicted octanol–water partition coefficient (Wildman–Crippen LogP) is 4.88. The summed E-state index contributed by atoms with van der Waals surface area (Å²) in [6, 6.07) is 13.0. The van der Waals surface area contributed by atoms with Crippen molar-refractivity contribution in [2.24, 2.45) is 4.99 Å². The number of ether oxygens (including phenoxy) is 2. The second-order valence-corrected chi connectivity index (χ2v) is 7.44. The second kappa shape index (κ2) is 9.85. The Labute approximate surface area is 174 Å². The van der Waals surface area contributed by atoms with E-state index in [-0.39, 0.29) is 5.91 Å². The van der Waals surface area contributed by atoms with E-state index in [1.54, 1.807) is 34.9 Å². The van der Waals surface area contributed by atoms with Crippen LogP contribution in [-0.4, -0.2) is 42.3 Å². The van der Waals surface area contributed by atoms with Gasteiger partial charge in [-0.05, 0) is 49.7 Å². The van der Waals surface area contributed by atoms with Gasteiger partial charge < -0.3 is 9.47 Å². The van der Waals surface area contributed by atoms with Crippen LogP contribution in [0.2, 0.25) is 5.02 Å². The number of thioether (sulfide) groups is 1. The molecule has 0 atom stereocenters. The van der Waals surface area contributed by atoms with Crippen LogP contribution in [0.3, 0.4) is 0 Å². The van der Waals surface area contributed by atoms with Gasteiger partial charge in [-0.15, -0.1) is 0 Å². The summed E-state index contributed by atoms with van der Waals surface area (Å²) < 4.78 is 11.2. The standard InChI is InChI=1S/C21H23ClN2O3S/c1-3-26-18-10-7-16(13-19(18)27-4-2)20(25)24-12-11-23-21(24)28-14-15-5-8-17(22)9-6-15/h5-10,13H,3-4,11-12,14H2,1-2H3. The molecule has 0 saturated heterocycles. The number of amidine groups is 1. The van der Waals surface area contributed by atoms with E-state index in [1.165, 1.54) is 0 Å². The van der Waals surface area contributed by atoms with E-state index < -0.39 is 0 Å². The van der Waals surface area contributed by atoms with Gasteiger partial charge in [0.2, 0.25) is 0 Å². The summed E-state index contributed by atoms with van der Waals surface area (Å²) in [6.07, 6.45) is 0. The van der Waals surface area contributed by atoms with Crippen LogP contribution >= 0.6 is 23.4 Å². The molecular formula is C21H23ClN2O3S. The molecule has 0 aromatic heterocycles. The fourth-order valence-corrected chi connectivity index (χ4v) is 3.93. The van der Waals surface area contributed by atoms with Crippen molar-refractivity contribution in [2.45, 2.75) is 19.6 Å². The molecule has 0 fully saturated rings. The highest BCUT2D eigenvalue weighted by molar-refractivity contribution is 8.13. The summed E-state index contributed by atoms with van der Waals surface area (Å²) in [5.74, 6) is 1.88. The number of amides is 1. The highest BCUT2D eigenvalue weighted by Gasteiger charge is 2.26. The van der Waals surface area contributed by atoms with Gasteiger partial charge in [-0.1, -0.05) is 35.5 Å². The third-order valence-corrected chi connectivity index (χ3v) is 5.46. The molecule has 5 nitrogen and oxygen atoms in total. The number of hydrogen-bond donors (Lipinski definition) is 0. The number of halogens is 1. The summed E-state index contributed by atoms with van der Waals surface area (Å²) in [5, 5.41) is 1.45. The first kappa shape index (κ1) is 20.6. The lowest BCUT2D eigenvalue weighted by atomic mass is 10.1. The lowest BCUT2D eigenvalue weighted by molar-refractivity contribution is 0.0860. The average molecular weight is 419 g/mol. The Morgan fingerprint density at radius 2 is 1.82 bits per heavy atom. The van der Waals surface area contributed by atoms with Crippen molar-refractivity contribution in [3.8, 4) is 11.5 Å². The van der Waals surface area contributed by atoms with Gasteiger partial charge in [0.15, 0.2) is 16.7 Å². The zero-order valence-corrected chi connectivity index (χ0v) is 17.6. The maximum Gasteiger partial charge on any atom is 0.260 e. The monoisotopic (exact) mass is 418 g/mol. The largest absolute Gasteiger partial charge is 0.490 e. The summed E-state index contributed by atoms with van der Waals surface area (Å²) >= 11 is 7.49. The van der Waals surface area contributed by atoms with Gasteiger partial charge in [-0.25, -0.2) is 0 Å². The van der Waals surface area contributed by atoms with Crippen LogP contribution in [-0.2, 0) is 5.75 Å². The molecule has 1 heterocycles. The van der Waals surface area contributed by atoms with Crippen LogP contribution in [0.4, 0.5) is 0 Å². The van der Waals surface area contributed by atoms with Crippen molar-refractivity contribution >= 4 is 34.4 Å². The topological polar surface area (TPSA) is 51.1 Å². The number of aliphatic imine (C=N–C) groups is 1. The van der Waals surface area contributed by atoms with Gasteiger partial charge in [0.1, 0.15) is 0 Å². The van der Waals surface area contributed by atoms with Crippen LogP contribution in [0.25, 0.3) is 0 Å². The lowest BCUT2D eigenvalue weighted by Gasteiger charge is -2.19. The van der Waals surface area contributed by atoms with Gasteiger partial charge in [0.05, 0.1) is 19.8 Å². The molecule has 0 bridgehead atoms. The number of nitrogens with zero attached hydrogens (tertiary/aromatic N) is 2. The Morgan fingerprint density at radius 1 is 1.11 bits per heavy atom. The van der Waals surface area contributed by atoms with E-state index in [1.807, 2.05) is 38.1 Å². The Hall–Kier alpha value is -2.18. The average Bonchev–Trinajstić information content (AvgIpc) is 3.17. The molecule has 1 amide bonds. The lowest BCUT2D eigenvalue weighted by Crippen LogP contribution is -2.32. The maximum atomic E-state index is 13.1. The van der Waals surface area contributed by atoms with Crippen LogP contribution in [0, 0.1) is 0 Å². The van der Waals surface area contributed by atoms with Crippen LogP contribution in [0.15, 0.2) is 47.5 Å². The van der Waals surface area contributed by atoms with Crippen molar-refractivity contribution in [3.05, 3.63) is 58.6 Å². The van der Waals surface area contributed by atoms with Gasteiger partial charge in [-0.2, -0.15) is 0 Å². The molecule has 1 aliphatic heterocycles. The Balaban J connectivity index is 1.71. The molecule has 148 valence electrons. The van der Waals surface area contributed by atoms with Crippen molar-refractivity contribution in [3.63, 3.8) is 0 Å². The van der Waals surface area contributed by atoms with Crippen LogP contribution in [0.5, 0.6) is 11.5 Å². The van der Waals surface area contributed by atoms with E-state index in [4.69, 9.17) is 21.1 Å². The van der Waals surface area contributed by atoms with Gasteiger partial charge >= 0.3 is 0 Å². The molecule has 0 saturated carbocycles. The third kappa shape index (κ3) is 5.00. The van der Waals surface area contributed by atoms with E-state index in [2.05, 4.69) is 4.99 Å². The van der Waals surface area contributed by atoms with Crippen molar-refractivity contribution < 1.29 is 14.3 Å². The summed E-state index contributed by atoms with van der Waals surface area (Å²) in [6.45, 7) is 6.06. The molecule has 3 rings (SSSR count). The van der Waals surface area contributed by atoms with Crippen molar-refractivity contribution in [2.75, 3.05) is 26.3 Å². The summed E-state index contributed by atoms with van der Waals surface area (Å²) in [7, 11) is 0. The number of carbonyl (C=O) groups excluding carboxylic acids is 1. The highest BCUT2D eigenvalue weighted by Crippen LogP contribution is 2.30. The van der Waals surface area contributed by atoms with E-state index in [0.29, 0.717) is 48.4 Å². The minimum atomic E-state index is -0.0798. The minimum absolute atomic E-state index is 0.0798. The molecule has 7 heteroatoms. The molecule has 0 unspecified atom stereocenters. The fraction of sp³-hybridized carbons (Fsp3) is 0.333. The molecular weight excluding hydrogens is 396 g/mol. The maximum absolute atomic E-state index is 13.1. The van der Waals surface area contributed by atoms with E-state index in [9.17, 15) is 4.79 Å². The minimum Gasteiger partial charge on any atom is -0.490 e. The first-order chi connectivity index (χ1) is 13.6. The van der Waals surface area contributed by atoms with E-state index in [0.717, 1.165) is 16.5 Å². The van der Waals surface area contributed by atoms with Gasteiger partial charge in [0, 0.05) is 22.9 Å². The molecule has 0 aliphatic carbocycles. The van der Waals surface area contributed by atoms with E-state index >= 15 is 0 Å². The van der Waals surface area contributed by atoms with Crippen molar-refractivity contribution in [1.82, 2.24) is 4.90 Å². The molecule has 2 aromatic carbocycles. The normalized spacial score (nSPS) is 13.4. The highest BCUT2D eigenvalue weighted by atomic mass is 35.5. The number of carbonyl (C=O) groups is 1. The Bertz CT molecular complexity index is 855. The second-order valence-electron chi connectivity index (χ2n) is 6.06. The third-order valence-electron chi connectivity index (χ3n) is 4.12. The van der Waals surface area contributed by atoms with Gasteiger partial charge in [0.25, 0.3) is 5.91 Å². The first-order valence-electron chi connectivity index (χ1n) is 9.25. The molecule has 28 heavy (non-hydrogen) atoms. The molecule has 0 spiro atoms. The van der Waals surface area contributed by atoms with Crippen LogP contribution in [0.1, 0.15) is 29.8 Å².